The van der Waals surface area contributed by atoms with Crippen LogP contribution in [0.4, 0.5) is 0 Å². The molecule has 0 aromatic carbocycles. The van der Waals surface area contributed by atoms with Gasteiger partial charge in [-0.15, -0.1) is 0 Å². The van der Waals surface area contributed by atoms with Gasteiger partial charge in [0.2, 0.25) is 0 Å². The normalized spacial score (nSPS) is 20.4. The fourth-order valence-corrected chi connectivity index (χ4v) is 2.69. The zero-order valence-corrected chi connectivity index (χ0v) is 12.3. The first-order valence-electron chi connectivity index (χ1n) is 7.75. The lowest BCUT2D eigenvalue weighted by molar-refractivity contribution is -0.143. The minimum atomic E-state index is -0.0654. The van der Waals surface area contributed by atoms with Crippen LogP contribution in [0.3, 0.4) is 0 Å². The van der Waals surface area contributed by atoms with E-state index in [2.05, 4.69) is 4.90 Å². The molecule has 19 heavy (non-hydrogen) atoms. The number of piperidine rings is 1. The first-order valence-corrected chi connectivity index (χ1v) is 7.75. The number of esters is 1. The summed E-state index contributed by atoms with van der Waals surface area (Å²) in [5.74, 6) is 0.418. The van der Waals surface area contributed by atoms with Crippen molar-refractivity contribution in [1.82, 2.24) is 4.90 Å². The maximum Gasteiger partial charge on any atom is 0.305 e. The average Bonchev–Trinajstić information content (AvgIpc) is 2.43. The van der Waals surface area contributed by atoms with Crippen molar-refractivity contribution in [2.45, 2.75) is 51.9 Å². The van der Waals surface area contributed by atoms with Crippen molar-refractivity contribution in [2.24, 2.45) is 5.92 Å². The summed E-state index contributed by atoms with van der Waals surface area (Å²) in [7, 11) is 0. The first kappa shape index (κ1) is 16.4. The van der Waals surface area contributed by atoms with Crippen LogP contribution in [0.15, 0.2) is 0 Å². The third-order valence-electron chi connectivity index (χ3n) is 3.77. The summed E-state index contributed by atoms with van der Waals surface area (Å²) in [6.07, 6.45) is 7.37. The van der Waals surface area contributed by atoms with Crippen molar-refractivity contribution < 1.29 is 14.6 Å². The molecule has 1 atom stereocenters. The molecule has 1 fully saturated rings. The molecule has 0 aromatic heterocycles. The van der Waals surface area contributed by atoms with E-state index >= 15 is 0 Å². The van der Waals surface area contributed by atoms with Gasteiger partial charge in [0.15, 0.2) is 0 Å². The van der Waals surface area contributed by atoms with Crippen molar-refractivity contribution in [3.63, 3.8) is 0 Å². The molecule has 112 valence electrons. The minimum Gasteiger partial charge on any atom is -0.466 e. The molecule has 0 aliphatic carbocycles. The van der Waals surface area contributed by atoms with Gasteiger partial charge in [-0.1, -0.05) is 12.8 Å². The predicted molar refractivity (Wildman–Crippen MR) is 76.0 cm³/mol. The van der Waals surface area contributed by atoms with Crippen LogP contribution in [0, 0.1) is 5.92 Å². The lowest BCUT2D eigenvalue weighted by Gasteiger charge is -2.31. The Morgan fingerprint density at radius 1 is 1.32 bits per heavy atom. The van der Waals surface area contributed by atoms with Crippen molar-refractivity contribution in [3.8, 4) is 0 Å². The Bertz CT molecular complexity index is 246. The van der Waals surface area contributed by atoms with Gasteiger partial charge in [-0.05, 0) is 51.6 Å². The summed E-state index contributed by atoms with van der Waals surface area (Å²) in [4.78, 5) is 13.6. The van der Waals surface area contributed by atoms with Crippen LogP contribution < -0.4 is 0 Å². The lowest BCUT2D eigenvalue weighted by atomic mass is 9.99. The van der Waals surface area contributed by atoms with E-state index in [0.29, 0.717) is 25.6 Å². The number of carbonyl (C=O) groups excluding carboxylic acids is 1. The Balaban J connectivity index is 1.94. The maximum atomic E-state index is 11.1. The van der Waals surface area contributed by atoms with E-state index in [9.17, 15) is 9.90 Å². The smallest absolute Gasteiger partial charge is 0.305 e. The van der Waals surface area contributed by atoms with Gasteiger partial charge in [0, 0.05) is 19.6 Å². The number of aliphatic hydroxyl groups excluding tert-OH is 1. The molecule has 1 saturated heterocycles. The van der Waals surface area contributed by atoms with Crippen LogP contribution in [0.25, 0.3) is 0 Å². The highest BCUT2D eigenvalue weighted by atomic mass is 16.5. The van der Waals surface area contributed by atoms with Crippen LogP contribution >= 0.6 is 0 Å². The standard InChI is InChI=1S/C15H29NO3/c1-2-19-15(18)9-5-3-4-6-10-16-11-7-8-14(12-16)13-17/h14,17H,2-13H2,1H3/t14-/m0/s1. The average molecular weight is 271 g/mol. The number of rotatable bonds is 9. The van der Waals surface area contributed by atoms with Crippen molar-refractivity contribution in [2.75, 3.05) is 32.8 Å². The van der Waals surface area contributed by atoms with Gasteiger partial charge >= 0.3 is 5.97 Å². The second-order valence-corrected chi connectivity index (χ2v) is 5.46. The number of aliphatic hydroxyl groups is 1. The fraction of sp³-hybridized carbons (Fsp3) is 0.933. The Morgan fingerprint density at radius 3 is 2.84 bits per heavy atom. The summed E-state index contributed by atoms with van der Waals surface area (Å²) in [5, 5.41) is 9.18. The van der Waals surface area contributed by atoms with Gasteiger partial charge in [-0.2, -0.15) is 0 Å². The van der Waals surface area contributed by atoms with Crippen molar-refractivity contribution in [1.29, 1.82) is 0 Å². The van der Waals surface area contributed by atoms with Crippen LogP contribution in [0.1, 0.15) is 51.9 Å². The van der Waals surface area contributed by atoms with E-state index in [1.54, 1.807) is 0 Å². The molecule has 1 rings (SSSR count). The number of nitrogens with zero attached hydrogens (tertiary/aromatic N) is 1. The third kappa shape index (κ3) is 7.53. The van der Waals surface area contributed by atoms with E-state index < -0.39 is 0 Å². The van der Waals surface area contributed by atoms with Gasteiger partial charge in [0.05, 0.1) is 6.61 Å². The molecular weight excluding hydrogens is 242 g/mol. The van der Waals surface area contributed by atoms with Gasteiger partial charge in [-0.3, -0.25) is 4.79 Å². The molecule has 0 radical (unpaired) electrons. The molecule has 0 amide bonds. The number of hydrogen-bond donors (Lipinski definition) is 1. The molecule has 0 unspecified atom stereocenters. The van der Waals surface area contributed by atoms with Crippen LogP contribution in [0.2, 0.25) is 0 Å². The SMILES string of the molecule is CCOC(=O)CCCCCCN1CCC[C@H](CO)C1. The highest BCUT2D eigenvalue weighted by molar-refractivity contribution is 5.69. The van der Waals surface area contributed by atoms with Crippen LogP contribution in [-0.4, -0.2) is 48.8 Å². The molecule has 0 saturated carbocycles. The predicted octanol–water partition coefficient (Wildman–Crippen LogP) is 2.20. The van der Waals surface area contributed by atoms with Gasteiger partial charge in [0.1, 0.15) is 0 Å². The Labute approximate surface area is 117 Å². The van der Waals surface area contributed by atoms with E-state index in [-0.39, 0.29) is 5.97 Å². The summed E-state index contributed by atoms with van der Waals surface area (Å²) in [5.41, 5.74) is 0. The molecule has 4 heteroatoms. The third-order valence-corrected chi connectivity index (χ3v) is 3.77. The second-order valence-electron chi connectivity index (χ2n) is 5.46. The van der Waals surface area contributed by atoms with E-state index in [1.165, 1.54) is 32.2 Å². The van der Waals surface area contributed by atoms with Crippen LogP contribution in [0.5, 0.6) is 0 Å². The number of hydrogen-bond acceptors (Lipinski definition) is 4. The van der Waals surface area contributed by atoms with Gasteiger partial charge < -0.3 is 14.7 Å². The van der Waals surface area contributed by atoms with Crippen molar-refractivity contribution >= 4 is 5.97 Å². The zero-order chi connectivity index (χ0) is 13.9. The molecule has 1 aliphatic heterocycles. The van der Waals surface area contributed by atoms with Gasteiger partial charge in [0.25, 0.3) is 0 Å². The Kier molecular flexibility index (Phi) is 8.84. The molecule has 4 nitrogen and oxygen atoms in total. The highest BCUT2D eigenvalue weighted by Crippen LogP contribution is 2.16. The first-order chi connectivity index (χ1) is 9.26. The maximum absolute atomic E-state index is 11.1. The van der Waals surface area contributed by atoms with Gasteiger partial charge in [-0.25, -0.2) is 0 Å². The number of unbranched alkanes of at least 4 members (excludes halogenated alkanes) is 3. The zero-order valence-electron chi connectivity index (χ0n) is 12.3. The lowest BCUT2D eigenvalue weighted by Crippen LogP contribution is -2.37. The second kappa shape index (κ2) is 10.2. The number of likely N-dealkylation sites (tertiary alicyclic amines) is 1. The number of carbonyl (C=O) groups is 1. The summed E-state index contributed by atoms with van der Waals surface area (Å²) in [6, 6.07) is 0. The minimum absolute atomic E-state index is 0.0654. The van der Waals surface area contributed by atoms with E-state index in [0.717, 1.165) is 25.9 Å². The van der Waals surface area contributed by atoms with Crippen molar-refractivity contribution in [3.05, 3.63) is 0 Å². The molecule has 0 spiro atoms. The number of ether oxygens (including phenoxy) is 1. The molecule has 1 N–H and O–H groups in total. The summed E-state index contributed by atoms with van der Waals surface area (Å²) in [6.45, 7) is 6.03. The fourth-order valence-electron chi connectivity index (χ4n) is 2.69. The Morgan fingerprint density at radius 2 is 2.11 bits per heavy atom. The monoisotopic (exact) mass is 271 g/mol. The largest absolute Gasteiger partial charge is 0.466 e. The van der Waals surface area contributed by atoms with E-state index in [4.69, 9.17) is 4.74 Å². The van der Waals surface area contributed by atoms with Crippen LogP contribution in [-0.2, 0) is 9.53 Å². The molecular formula is C15H29NO3. The molecule has 1 heterocycles. The summed E-state index contributed by atoms with van der Waals surface area (Å²) >= 11 is 0. The van der Waals surface area contributed by atoms with E-state index in [1.807, 2.05) is 6.92 Å². The molecule has 1 aliphatic rings. The molecule has 0 bridgehead atoms. The topological polar surface area (TPSA) is 49.8 Å². The highest BCUT2D eigenvalue weighted by Gasteiger charge is 2.18. The quantitative estimate of drug-likeness (QED) is 0.516. The summed E-state index contributed by atoms with van der Waals surface area (Å²) < 4.78 is 4.90. The molecule has 0 aromatic rings. The Hall–Kier alpha value is -0.610.